The summed E-state index contributed by atoms with van der Waals surface area (Å²) in [6, 6.07) is 0. The van der Waals surface area contributed by atoms with Crippen molar-refractivity contribution in [3.05, 3.63) is 22.8 Å². The lowest BCUT2D eigenvalue weighted by atomic mass is 9.51. The van der Waals surface area contributed by atoms with Gasteiger partial charge in [0.1, 0.15) is 78.8 Å². The van der Waals surface area contributed by atoms with E-state index in [9.17, 15) is 71.2 Å². The molecule has 6 aliphatic heterocycles. The fourth-order valence-corrected chi connectivity index (χ4v) is 13.4. The van der Waals surface area contributed by atoms with Gasteiger partial charge in [-0.05, 0) is 44.4 Å². The number of hydrogen-bond donors (Lipinski definition) is 13. The molecular weight excluding hydrogens is 948 g/mol. The van der Waals surface area contributed by atoms with Crippen molar-refractivity contribution in [2.75, 3.05) is 39.6 Å². The number of hydrogen-bond acceptors (Lipinski definition) is 24. The predicted molar refractivity (Wildman–Crippen MR) is 230 cm³/mol. The van der Waals surface area contributed by atoms with Gasteiger partial charge in [-0.1, -0.05) is 31.1 Å². The van der Waals surface area contributed by atoms with Crippen molar-refractivity contribution in [2.24, 2.45) is 35.0 Å². The number of carbonyl (C=O) groups is 1. The largest absolute Gasteiger partial charge is 0.396 e. The second-order valence-electron chi connectivity index (χ2n) is 21.7. The molecule has 6 saturated heterocycles. The molecule has 0 bridgehead atoms. The zero-order valence-corrected chi connectivity index (χ0v) is 39.6. The highest BCUT2D eigenvalue weighted by molar-refractivity contribution is 6.04. The molecule has 24 heteroatoms. The molecule has 0 aromatic carbocycles. The summed E-state index contributed by atoms with van der Waals surface area (Å²) >= 11 is 0. The highest BCUT2D eigenvalue weighted by atomic mass is 16.8. The molecule has 28 atom stereocenters. The minimum Gasteiger partial charge on any atom is -0.396 e. The summed E-state index contributed by atoms with van der Waals surface area (Å²) in [5, 5.41) is 142. The minimum absolute atomic E-state index is 0.0501. The maximum absolute atomic E-state index is 14.7. The SMILES string of the molecule is C[C@@H]1O[C@@H](O[C@H]2[C@@H](O[C@@H]3C[C@@H](O)CC4=CC[C@H]5C6=C(CC[C@@H]5[C@]43C)[C@H]3[C@H](O[C@@]4(OC[C@H](C)[C@@H](O)[C@@H]4O)[C@H]3CO)C6=O)OC[C@H](O)[C@@H]2O[C@@H]2OC[C@@H](O)[C@H](O)[C@H]2O)[C@H](O)[C@H](O[C@@H]2OC[C@](O)(CO)[C@H]2O)[C@H]1O. The number of Topliss-reactive ketones (excluding diaryl/α,β-unsaturated/α-hetero) is 1. The maximum atomic E-state index is 14.7. The minimum atomic E-state index is -2.11. The van der Waals surface area contributed by atoms with E-state index in [1.165, 1.54) is 6.92 Å². The van der Waals surface area contributed by atoms with Crippen LogP contribution in [0.1, 0.15) is 52.9 Å². The quantitative estimate of drug-likeness (QED) is 0.0909. The third kappa shape index (κ3) is 8.45. The van der Waals surface area contributed by atoms with Crippen molar-refractivity contribution >= 4 is 5.78 Å². The van der Waals surface area contributed by atoms with E-state index in [0.29, 0.717) is 31.3 Å². The molecule has 1 spiro atoms. The van der Waals surface area contributed by atoms with Crippen molar-refractivity contribution in [1.29, 1.82) is 0 Å². The zero-order chi connectivity index (χ0) is 50.8. The Kier molecular flexibility index (Phi) is 14.6. The lowest BCUT2D eigenvalue weighted by Crippen LogP contribution is -2.65. The molecule has 13 N–H and O–H groups in total. The Balaban J connectivity index is 0.948. The van der Waals surface area contributed by atoms with Crippen LogP contribution in [0.3, 0.4) is 0 Å². The Morgan fingerprint density at radius 1 is 0.746 bits per heavy atom. The van der Waals surface area contributed by atoms with E-state index in [-0.39, 0.29) is 30.6 Å². The Hall–Kier alpha value is -1.77. The van der Waals surface area contributed by atoms with E-state index >= 15 is 0 Å². The van der Waals surface area contributed by atoms with Crippen molar-refractivity contribution in [3.8, 4) is 0 Å². The van der Waals surface area contributed by atoms with Gasteiger partial charge < -0.3 is 114 Å². The van der Waals surface area contributed by atoms with Crippen LogP contribution < -0.4 is 0 Å². The fourth-order valence-electron chi connectivity index (χ4n) is 13.4. The Morgan fingerprint density at radius 2 is 1.45 bits per heavy atom. The summed E-state index contributed by atoms with van der Waals surface area (Å²) in [7, 11) is 0. The lowest BCUT2D eigenvalue weighted by Gasteiger charge is -2.57. The molecule has 71 heavy (non-hydrogen) atoms. The van der Waals surface area contributed by atoms with Gasteiger partial charge >= 0.3 is 0 Å². The van der Waals surface area contributed by atoms with Gasteiger partial charge in [-0.15, -0.1) is 0 Å². The molecule has 7 fully saturated rings. The highest BCUT2D eigenvalue weighted by Crippen LogP contribution is 2.64. The van der Waals surface area contributed by atoms with Crippen LogP contribution in [0, 0.1) is 35.0 Å². The Labute approximate surface area is 408 Å². The lowest BCUT2D eigenvalue weighted by molar-refractivity contribution is -0.387. The van der Waals surface area contributed by atoms with Gasteiger partial charge in [0.25, 0.3) is 0 Å². The molecule has 402 valence electrons. The first-order valence-electron chi connectivity index (χ1n) is 24.8. The van der Waals surface area contributed by atoms with E-state index in [0.717, 1.165) is 11.1 Å². The average Bonchev–Trinajstić information content (AvgIpc) is 3.94. The van der Waals surface area contributed by atoms with E-state index in [2.05, 4.69) is 0 Å². The molecule has 0 aromatic rings. The second kappa shape index (κ2) is 19.7. The van der Waals surface area contributed by atoms with Crippen LogP contribution >= 0.6 is 0 Å². The molecule has 1 saturated carbocycles. The second-order valence-corrected chi connectivity index (χ2v) is 21.7. The van der Waals surface area contributed by atoms with Gasteiger partial charge in [0.15, 0.2) is 30.9 Å². The molecule has 4 aliphatic carbocycles. The number of rotatable bonds is 10. The monoisotopic (exact) mass is 1020 g/mol. The van der Waals surface area contributed by atoms with E-state index in [4.69, 9.17) is 47.4 Å². The molecule has 10 rings (SSSR count). The first kappa shape index (κ1) is 52.7. The molecule has 0 amide bonds. The van der Waals surface area contributed by atoms with Crippen molar-refractivity contribution in [1.82, 2.24) is 0 Å². The van der Waals surface area contributed by atoms with Gasteiger partial charge in [-0.2, -0.15) is 0 Å². The van der Waals surface area contributed by atoms with Crippen LogP contribution in [0.15, 0.2) is 22.8 Å². The summed E-state index contributed by atoms with van der Waals surface area (Å²) < 4.78 is 61.0. The number of ketones is 1. The van der Waals surface area contributed by atoms with Crippen LogP contribution in [0.5, 0.6) is 0 Å². The molecule has 0 radical (unpaired) electrons. The van der Waals surface area contributed by atoms with Crippen LogP contribution in [-0.4, -0.2) is 246 Å². The molecule has 24 nitrogen and oxygen atoms in total. The van der Waals surface area contributed by atoms with Crippen LogP contribution in [0.25, 0.3) is 0 Å². The number of carbonyl (C=O) groups excluding carboxylic acids is 1. The predicted octanol–water partition coefficient (Wildman–Crippen LogP) is -5.30. The van der Waals surface area contributed by atoms with Crippen LogP contribution in [-0.2, 0) is 52.2 Å². The van der Waals surface area contributed by atoms with Crippen LogP contribution in [0.4, 0.5) is 0 Å². The first-order valence-corrected chi connectivity index (χ1v) is 24.8. The third-order valence-electron chi connectivity index (χ3n) is 17.6. The molecule has 6 heterocycles. The third-order valence-corrected chi connectivity index (χ3v) is 17.6. The summed E-state index contributed by atoms with van der Waals surface area (Å²) in [5.41, 5.74) is -0.758. The highest BCUT2D eigenvalue weighted by Gasteiger charge is 2.69. The first-order chi connectivity index (χ1) is 33.7. The normalized spacial score (nSPS) is 55.2. The summed E-state index contributed by atoms with van der Waals surface area (Å²) in [5.74, 6) is -4.60. The maximum Gasteiger partial charge on any atom is 0.203 e. The molecule has 0 aromatic heterocycles. The average molecular weight is 1020 g/mol. The van der Waals surface area contributed by atoms with E-state index in [1.807, 2.05) is 13.0 Å². The molecular formula is C47H70O24. The fraction of sp³-hybridized carbons (Fsp3) is 0.894. The van der Waals surface area contributed by atoms with Crippen LogP contribution in [0.2, 0.25) is 0 Å². The summed E-state index contributed by atoms with van der Waals surface area (Å²) in [6.45, 7) is 2.37. The summed E-state index contributed by atoms with van der Waals surface area (Å²) in [6.07, 6.45) is -26.3. The van der Waals surface area contributed by atoms with Gasteiger partial charge in [0, 0.05) is 35.2 Å². The topological polar surface area (TPSA) is 372 Å². The number of ether oxygens (including phenoxy) is 10. The number of aliphatic hydroxyl groups is 13. The van der Waals surface area contributed by atoms with Crippen molar-refractivity contribution in [3.63, 3.8) is 0 Å². The number of aliphatic hydroxyl groups excluding tert-OH is 12. The number of fused-ring (bicyclic) bond motifs is 6. The smallest absolute Gasteiger partial charge is 0.203 e. The van der Waals surface area contributed by atoms with E-state index < -0.39 is 190 Å². The van der Waals surface area contributed by atoms with Gasteiger partial charge in [0.2, 0.25) is 5.79 Å². The van der Waals surface area contributed by atoms with Gasteiger partial charge in [-0.25, -0.2) is 0 Å². The van der Waals surface area contributed by atoms with Crippen molar-refractivity contribution < 1.29 is 119 Å². The Bertz CT molecular complexity index is 2030. The Morgan fingerprint density at radius 3 is 2.17 bits per heavy atom. The molecule has 10 aliphatic rings. The van der Waals surface area contributed by atoms with E-state index in [1.54, 1.807) is 6.92 Å². The zero-order valence-electron chi connectivity index (χ0n) is 39.6. The van der Waals surface area contributed by atoms with Gasteiger partial charge in [-0.3, -0.25) is 4.79 Å². The van der Waals surface area contributed by atoms with Gasteiger partial charge in [0.05, 0.1) is 64.1 Å². The molecule has 0 unspecified atom stereocenters. The summed E-state index contributed by atoms with van der Waals surface area (Å²) in [4.78, 5) is 14.7. The standard InChI is InChI=1S/C47H70O24/c1-16-11-65-47(39(59)29(16)53)23(10-48)28-21-6-7-22-20(27(21)32(56)36(28)71-47)5-4-18-8-19(50)9-26(45(18,22)3)67-43-38(35(25(52)13-63-43)68-41-33(57)31(55)24(51)12-62-41)70-42-34(58)37(30(54)17(2)66-42)69-44-40(60)46(61,14-49)15-64-44/h4,16-17,19-20,22-26,28-31,33-44,48-55,57-61H,5-15H2,1-3H3/t16-,17-,19-,20+,22-,23-,24+,25-,26+,28+,29+,30-,31-,33+,34+,35-,36-,37+,38+,39-,40-,41-,42-,43+,44-,45-,46+,47-/m0/s1. The van der Waals surface area contributed by atoms with Crippen molar-refractivity contribution in [2.45, 2.75) is 187 Å². The number of allylic oxidation sites excluding steroid dienone is 1.